The fourth-order valence-corrected chi connectivity index (χ4v) is 7.91. The summed E-state index contributed by atoms with van der Waals surface area (Å²) < 4.78 is 0. The van der Waals surface area contributed by atoms with Crippen LogP contribution in [0.2, 0.25) is 0 Å². The zero-order chi connectivity index (χ0) is 21.0. The van der Waals surface area contributed by atoms with Crippen molar-refractivity contribution < 1.29 is 4.79 Å². The number of rotatable bonds is 4. The number of Topliss-reactive ketones (excluding diaryl/α,β-unsaturated/α-hetero) is 1. The molecule has 0 N–H and O–H groups in total. The van der Waals surface area contributed by atoms with Crippen LogP contribution in [0.25, 0.3) is 0 Å². The van der Waals surface area contributed by atoms with E-state index in [1.54, 1.807) is 0 Å². The number of hydrogen-bond donors (Lipinski definition) is 0. The number of carbonyl (C=O) groups is 1. The van der Waals surface area contributed by atoms with Gasteiger partial charge in [-0.15, -0.1) is 0 Å². The largest absolute Gasteiger partial charge is 0.300 e. The third-order valence-corrected chi connectivity index (χ3v) is 10.4. The molecule has 0 amide bonds. The summed E-state index contributed by atoms with van der Waals surface area (Å²) in [7, 11) is 0. The summed E-state index contributed by atoms with van der Waals surface area (Å²) >= 11 is 0. The fraction of sp³-hybridized carbons (Fsp3) is 0.821. The normalized spacial score (nSPS) is 44.2. The number of carbonyl (C=O) groups excluding carboxylic acids is 1. The lowest BCUT2D eigenvalue weighted by molar-refractivity contribution is -0.127. The Hall–Kier alpha value is -0.850. The highest BCUT2D eigenvalue weighted by molar-refractivity contribution is 5.79. The van der Waals surface area contributed by atoms with Crippen molar-refractivity contribution in [3.63, 3.8) is 0 Å². The smallest absolute Gasteiger partial charge is 0.133 e. The van der Waals surface area contributed by atoms with Gasteiger partial charge in [-0.1, -0.05) is 65.3 Å². The van der Waals surface area contributed by atoms with Gasteiger partial charge in [-0.3, -0.25) is 4.79 Å². The van der Waals surface area contributed by atoms with Crippen LogP contribution in [0.3, 0.4) is 0 Å². The van der Waals surface area contributed by atoms with Crippen LogP contribution >= 0.6 is 0 Å². The molecular formula is C28H44O. The minimum Gasteiger partial charge on any atom is -0.300 e. The number of fused-ring (bicyclic) bond motifs is 5. The van der Waals surface area contributed by atoms with Gasteiger partial charge in [0.25, 0.3) is 0 Å². The van der Waals surface area contributed by atoms with Crippen molar-refractivity contribution in [2.45, 2.75) is 92.9 Å². The lowest BCUT2D eigenvalue weighted by atomic mass is 9.48. The highest BCUT2D eigenvalue weighted by atomic mass is 16.1. The molecule has 3 saturated carbocycles. The van der Waals surface area contributed by atoms with Crippen molar-refractivity contribution in [1.29, 1.82) is 0 Å². The van der Waals surface area contributed by atoms with E-state index < -0.39 is 0 Å². The molecular weight excluding hydrogens is 352 g/mol. The van der Waals surface area contributed by atoms with Crippen molar-refractivity contribution in [3.05, 3.63) is 23.8 Å². The van der Waals surface area contributed by atoms with Crippen molar-refractivity contribution in [2.75, 3.05) is 0 Å². The van der Waals surface area contributed by atoms with E-state index in [4.69, 9.17) is 0 Å². The van der Waals surface area contributed by atoms with Gasteiger partial charge in [0.15, 0.2) is 0 Å². The van der Waals surface area contributed by atoms with Gasteiger partial charge in [0.1, 0.15) is 5.78 Å². The van der Waals surface area contributed by atoms with Crippen molar-refractivity contribution in [2.24, 2.45) is 52.3 Å². The van der Waals surface area contributed by atoms with Crippen LogP contribution in [-0.4, -0.2) is 5.78 Å². The van der Waals surface area contributed by atoms with Crippen LogP contribution in [0.4, 0.5) is 0 Å². The molecule has 4 aliphatic carbocycles. The van der Waals surface area contributed by atoms with Gasteiger partial charge >= 0.3 is 0 Å². The third-order valence-electron chi connectivity index (χ3n) is 10.4. The Morgan fingerprint density at radius 3 is 2.41 bits per heavy atom. The first-order chi connectivity index (χ1) is 13.7. The molecule has 162 valence electrons. The average molecular weight is 397 g/mol. The van der Waals surface area contributed by atoms with Crippen molar-refractivity contribution >= 4 is 5.78 Å². The van der Waals surface area contributed by atoms with Gasteiger partial charge in [-0.2, -0.15) is 0 Å². The van der Waals surface area contributed by atoms with E-state index >= 15 is 0 Å². The Labute approximate surface area is 179 Å². The van der Waals surface area contributed by atoms with Crippen LogP contribution in [0, 0.1) is 52.3 Å². The molecule has 0 heterocycles. The summed E-state index contributed by atoms with van der Waals surface area (Å²) in [5.74, 6) is 5.57. The molecule has 8 atom stereocenters. The molecule has 1 nitrogen and oxygen atoms in total. The molecule has 0 spiro atoms. The van der Waals surface area contributed by atoms with Crippen LogP contribution in [0.5, 0.6) is 0 Å². The average Bonchev–Trinajstić information content (AvgIpc) is 3.03. The molecule has 0 radical (unpaired) electrons. The summed E-state index contributed by atoms with van der Waals surface area (Å²) in [6.45, 7) is 14.7. The van der Waals surface area contributed by atoms with E-state index in [2.05, 4.69) is 59.8 Å². The molecule has 0 saturated heterocycles. The van der Waals surface area contributed by atoms with Crippen LogP contribution in [0.1, 0.15) is 92.9 Å². The second-order valence-corrected chi connectivity index (χ2v) is 12.1. The molecule has 0 aromatic rings. The molecule has 4 aliphatic rings. The zero-order valence-electron chi connectivity index (χ0n) is 19.8. The molecule has 1 heteroatoms. The summed E-state index contributed by atoms with van der Waals surface area (Å²) in [6.07, 6.45) is 17.2. The molecule has 0 aliphatic heterocycles. The maximum Gasteiger partial charge on any atom is 0.133 e. The van der Waals surface area contributed by atoms with Crippen LogP contribution in [0.15, 0.2) is 23.8 Å². The highest BCUT2D eigenvalue weighted by Crippen LogP contribution is 2.66. The maximum absolute atomic E-state index is 12.1. The lowest BCUT2D eigenvalue weighted by Gasteiger charge is -2.57. The Balaban J connectivity index is 1.55. The monoisotopic (exact) mass is 396 g/mol. The van der Waals surface area contributed by atoms with E-state index in [9.17, 15) is 4.79 Å². The lowest BCUT2D eigenvalue weighted by Crippen LogP contribution is -2.49. The van der Waals surface area contributed by atoms with E-state index in [0.29, 0.717) is 34.4 Å². The minimum absolute atomic E-state index is 0.385. The third kappa shape index (κ3) is 3.49. The van der Waals surface area contributed by atoms with E-state index in [1.165, 1.54) is 25.7 Å². The predicted octanol–water partition coefficient (Wildman–Crippen LogP) is 7.62. The van der Waals surface area contributed by atoms with E-state index in [0.717, 1.165) is 49.4 Å². The summed E-state index contributed by atoms with van der Waals surface area (Å²) in [6, 6.07) is 0. The molecule has 0 aromatic heterocycles. The Bertz CT molecular complexity index is 699. The second kappa shape index (κ2) is 7.69. The van der Waals surface area contributed by atoms with Crippen molar-refractivity contribution in [3.8, 4) is 0 Å². The summed E-state index contributed by atoms with van der Waals surface area (Å²) in [4.78, 5) is 12.1. The van der Waals surface area contributed by atoms with Gasteiger partial charge in [-0.25, -0.2) is 0 Å². The fourth-order valence-electron chi connectivity index (χ4n) is 7.91. The number of hydrogen-bond acceptors (Lipinski definition) is 1. The standard InChI is InChI=1S/C28H44O/c1-18(2)19(3)7-8-20(4)24-11-12-25-23-10-9-21-17-22(29)13-15-27(21,5)26(23)14-16-28(24,25)6/h7-8,10,18-21,24-26H,9,11-17H2,1-6H3/b8-7+/t19-,20+,21+,24-,25+,26-,27+,28+/m0/s1. The number of allylic oxidation sites excluding steroid dienone is 4. The first-order valence-corrected chi connectivity index (χ1v) is 12.6. The molecule has 3 fully saturated rings. The zero-order valence-corrected chi connectivity index (χ0v) is 19.8. The molecule has 0 unspecified atom stereocenters. The molecule has 4 rings (SSSR count). The molecule has 0 bridgehead atoms. The van der Waals surface area contributed by atoms with Crippen LogP contribution in [-0.2, 0) is 4.79 Å². The van der Waals surface area contributed by atoms with Gasteiger partial charge in [-0.05, 0) is 90.8 Å². The van der Waals surface area contributed by atoms with E-state index in [-0.39, 0.29) is 0 Å². The Kier molecular flexibility index (Phi) is 5.67. The predicted molar refractivity (Wildman–Crippen MR) is 123 cm³/mol. The maximum atomic E-state index is 12.1. The van der Waals surface area contributed by atoms with Gasteiger partial charge in [0.05, 0.1) is 0 Å². The van der Waals surface area contributed by atoms with Crippen LogP contribution < -0.4 is 0 Å². The highest BCUT2D eigenvalue weighted by Gasteiger charge is 2.57. The first kappa shape index (κ1) is 21.4. The quantitative estimate of drug-likeness (QED) is 0.447. The second-order valence-electron chi connectivity index (χ2n) is 12.1. The summed E-state index contributed by atoms with van der Waals surface area (Å²) in [5.41, 5.74) is 2.68. The topological polar surface area (TPSA) is 17.1 Å². The Morgan fingerprint density at radius 1 is 0.966 bits per heavy atom. The molecule has 29 heavy (non-hydrogen) atoms. The van der Waals surface area contributed by atoms with Gasteiger partial charge in [0.2, 0.25) is 0 Å². The first-order valence-electron chi connectivity index (χ1n) is 12.6. The SMILES string of the molecule is CC(C)[C@@H](C)/C=C/[C@@H](C)[C@@H]1CC[C@@H]2C3=CC[C@@H]4CC(=O)CC[C@@]4(C)[C@H]3CC[C@@]21C. The van der Waals surface area contributed by atoms with Gasteiger partial charge < -0.3 is 0 Å². The van der Waals surface area contributed by atoms with Gasteiger partial charge in [0, 0.05) is 12.8 Å². The Morgan fingerprint density at radius 2 is 1.69 bits per heavy atom. The van der Waals surface area contributed by atoms with Crippen molar-refractivity contribution in [1.82, 2.24) is 0 Å². The van der Waals surface area contributed by atoms with E-state index in [1.807, 2.05) is 5.57 Å². The summed E-state index contributed by atoms with van der Waals surface area (Å²) in [5, 5.41) is 0. The molecule has 0 aromatic carbocycles. The number of ketones is 1. The minimum atomic E-state index is 0.385.